The summed E-state index contributed by atoms with van der Waals surface area (Å²) in [7, 11) is 1.78. The minimum absolute atomic E-state index is 0.0110. The molecule has 2 rings (SSSR count). The first-order chi connectivity index (χ1) is 9.61. The van der Waals surface area contributed by atoms with Crippen LogP contribution in [-0.4, -0.2) is 24.4 Å². The molecule has 0 spiro atoms. The fraction of sp³-hybridized carbons (Fsp3) is 0.312. The summed E-state index contributed by atoms with van der Waals surface area (Å²) in [4.78, 5) is 14.2. The standard InChI is InChI=1S/C16H20N2O2/c1-12-7-8-14(20-12)11-18(2)16(19)15-6-4-3-5-13(15)9-10-17/h3-8H,9-11,17H2,1-2H3. The van der Waals surface area contributed by atoms with Gasteiger partial charge in [0.2, 0.25) is 0 Å². The minimum Gasteiger partial charge on any atom is -0.464 e. The zero-order chi connectivity index (χ0) is 14.5. The van der Waals surface area contributed by atoms with Crippen LogP contribution < -0.4 is 5.73 Å². The number of rotatable bonds is 5. The summed E-state index contributed by atoms with van der Waals surface area (Å²) < 4.78 is 5.50. The van der Waals surface area contributed by atoms with E-state index in [9.17, 15) is 4.79 Å². The smallest absolute Gasteiger partial charge is 0.254 e. The first kappa shape index (κ1) is 14.3. The van der Waals surface area contributed by atoms with Gasteiger partial charge in [0, 0.05) is 12.6 Å². The molecule has 4 nitrogen and oxygen atoms in total. The van der Waals surface area contributed by atoms with Crippen LogP contribution in [0.3, 0.4) is 0 Å². The Morgan fingerprint density at radius 3 is 2.65 bits per heavy atom. The molecule has 0 fully saturated rings. The van der Waals surface area contributed by atoms with E-state index >= 15 is 0 Å². The van der Waals surface area contributed by atoms with Gasteiger partial charge in [-0.05, 0) is 43.7 Å². The Balaban J connectivity index is 2.14. The number of furan rings is 1. The first-order valence-corrected chi connectivity index (χ1v) is 6.70. The highest BCUT2D eigenvalue weighted by molar-refractivity contribution is 5.95. The lowest BCUT2D eigenvalue weighted by atomic mass is 10.0. The van der Waals surface area contributed by atoms with Crippen molar-refractivity contribution in [2.24, 2.45) is 5.73 Å². The van der Waals surface area contributed by atoms with E-state index in [-0.39, 0.29) is 5.91 Å². The van der Waals surface area contributed by atoms with Crippen LogP contribution >= 0.6 is 0 Å². The molecule has 1 heterocycles. The third-order valence-electron chi connectivity index (χ3n) is 3.20. The Kier molecular flexibility index (Phi) is 4.58. The van der Waals surface area contributed by atoms with E-state index in [1.807, 2.05) is 43.3 Å². The maximum absolute atomic E-state index is 12.5. The lowest BCUT2D eigenvalue weighted by Gasteiger charge is -2.17. The van der Waals surface area contributed by atoms with E-state index in [1.165, 1.54) is 0 Å². The van der Waals surface area contributed by atoms with Crippen molar-refractivity contribution in [2.75, 3.05) is 13.6 Å². The van der Waals surface area contributed by atoms with E-state index in [2.05, 4.69) is 0 Å². The second-order valence-corrected chi connectivity index (χ2v) is 4.87. The monoisotopic (exact) mass is 272 g/mol. The van der Waals surface area contributed by atoms with Gasteiger partial charge in [0.05, 0.1) is 6.54 Å². The third-order valence-corrected chi connectivity index (χ3v) is 3.20. The predicted octanol–water partition coefficient (Wildman–Crippen LogP) is 2.36. The predicted molar refractivity (Wildman–Crippen MR) is 78.4 cm³/mol. The Morgan fingerprint density at radius 2 is 2.00 bits per heavy atom. The van der Waals surface area contributed by atoms with Crippen LogP contribution in [-0.2, 0) is 13.0 Å². The average Bonchev–Trinajstić information content (AvgIpc) is 2.84. The van der Waals surface area contributed by atoms with E-state index in [4.69, 9.17) is 10.2 Å². The molecule has 0 aliphatic rings. The molecular weight excluding hydrogens is 252 g/mol. The second-order valence-electron chi connectivity index (χ2n) is 4.87. The van der Waals surface area contributed by atoms with Crippen LogP contribution in [0.1, 0.15) is 27.4 Å². The van der Waals surface area contributed by atoms with E-state index in [1.54, 1.807) is 11.9 Å². The van der Waals surface area contributed by atoms with Gasteiger partial charge in [-0.15, -0.1) is 0 Å². The molecule has 1 aromatic heterocycles. The number of nitrogens with zero attached hydrogens (tertiary/aromatic N) is 1. The van der Waals surface area contributed by atoms with Crippen molar-refractivity contribution in [3.63, 3.8) is 0 Å². The second kappa shape index (κ2) is 6.39. The molecule has 4 heteroatoms. The van der Waals surface area contributed by atoms with Gasteiger partial charge in [-0.2, -0.15) is 0 Å². The number of nitrogens with two attached hydrogens (primary N) is 1. The van der Waals surface area contributed by atoms with Gasteiger partial charge in [-0.25, -0.2) is 0 Å². The van der Waals surface area contributed by atoms with Gasteiger partial charge in [-0.3, -0.25) is 4.79 Å². The SMILES string of the molecule is Cc1ccc(CN(C)C(=O)c2ccccc2CCN)o1. The van der Waals surface area contributed by atoms with Crippen molar-refractivity contribution in [3.05, 3.63) is 59.0 Å². The summed E-state index contributed by atoms with van der Waals surface area (Å²) in [6.07, 6.45) is 0.704. The number of carbonyl (C=O) groups is 1. The van der Waals surface area contributed by atoms with Crippen LogP contribution in [0.25, 0.3) is 0 Å². The van der Waals surface area contributed by atoms with Gasteiger partial charge in [-0.1, -0.05) is 18.2 Å². The number of hydrogen-bond acceptors (Lipinski definition) is 3. The number of carbonyl (C=O) groups excluding carboxylic acids is 1. The van der Waals surface area contributed by atoms with Gasteiger partial charge in [0.1, 0.15) is 11.5 Å². The zero-order valence-corrected chi connectivity index (χ0v) is 11.9. The van der Waals surface area contributed by atoms with Gasteiger partial charge >= 0.3 is 0 Å². The normalized spacial score (nSPS) is 10.6. The van der Waals surface area contributed by atoms with Crippen molar-refractivity contribution in [1.82, 2.24) is 4.90 Å². The van der Waals surface area contributed by atoms with Gasteiger partial charge < -0.3 is 15.1 Å². The van der Waals surface area contributed by atoms with Crippen LogP contribution in [0, 0.1) is 6.92 Å². The molecule has 0 saturated carbocycles. The molecule has 0 aliphatic carbocycles. The Labute approximate surface area is 119 Å². The molecule has 106 valence electrons. The summed E-state index contributed by atoms with van der Waals surface area (Å²) in [6.45, 7) is 2.89. The molecule has 0 radical (unpaired) electrons. The van der Waals surface area contributed by atoms with E-state index < -0.39 is 0 Å². The molecule has 2 N–H and O–H groups in total. The van der Waals surface area contributed by atoms with Crippen molar-refractivity contribution < 1.29 is 9.21 Å². The van der Waals surface area contributed by atoms with E-state index in [0.717, 1.165) is 17.1 Å². The Hall–Kier alpha value is -2.07. The van der Waals surface area contributed by atoms with Crippen LogP contribution in [0.15, 0.2) is 40.8 Å². The summed E-state index contributed by atoms with van der Waals surface area (Å²) in [6, 6.07) is 11.4. The lowest BCUT2D eigenvalue weighted by molar-refractivity contribution is 0.0774. The highest BCUT2D eigenvalue weighted by Crippen LogP contribution is 2.14. The van der Waals surface area contributed by atoms with Crippen molar-refractivity contribution in [1.29, 1.82) is 0 Å². The molecular formula is C16H20N2O2. The Morgan fingerprint density at radius 1 is 1.25 bits per heavy atom. The lowest BCUT2D eigenvalue weighted by Crippen LogP contribution is -2.27. The highest BCUT2D eigenvalue weighted by Gasteiger charge is 2.16. The van der Waals surface area contributed by atoms with Crippen molar-refractivity contribution in [2.45, 2.75) is 19.9 Å². The maximum Gasteiger partial charge on any atom is 0.254 e. The Bertz CT molecular complexity index is 590. The molecule has 0 saturated heterocycles. The largest absolute Gasteiger partial charge is 0.464 e. The quantitative estimate of drug-likeness (QED) is 0.909. The fourth-order valence-corrected chi connectivity index (χ4v) is 2.18. The topological polar surface area (TPSA) is 59.5 Å². The maximum atomic E-state index is 12.5. The zero-order valence-electron chi connectivity index (χ0n) is 11.9. The highest BCUT2D eigenvalue weighted by atomic mass is 16.3. The molecule has 1 aromatic carbocycles. The molecule has 20 heavy (non-hydrogen) atoms. The molecule has 0 unspecified atom stereocenters. The van der Waals surface area contributed by atoms with Crippen LogP contribution in [0.5, 0.6) is 0 Å². The summed E-state index contributed by atoms with van der Waals surface area (Å²) in [5.74, 6) is 1.63. The van der Waals surface area contributed by atoms with Crippen molar-refractivity contribution >= 4 is 5.91 Å². The minimum atomic E-state index is -0.0110. The summed E-state index contributed by atoms with van der Waals surface area (Å²) in [5, 5.41) is 0. The molecule has 1 amide bonds. The first-order valence-electron chi connectivity index (χ1n) is 6.70. The number of hydrogen-bond donors (Lipinski definition) is 1. The summed E-state index contributed by atoms with van der Waals surface area (Å²) >= 11 is 0. The molecule has 0 bridgehead atoms. The van der Waals surface area contributed by atoms with Crippen LogP contribution in [0.4, 0.5) is 0 Å². The van der Waals surface area contributed by atoms with Crippen molar-refractivity contribution in [3.8, 4) is 0 Å². The third kappa shape index (κ3) is 3.27. The van der Waals surface area contributed by atoms with Gasteiger partial charge in [0.25, 0.3) is 5.91 Å². The number of benzene rings is 1. The fourth-order valence-electron chi connectivity index (χ4n) is 2.18. The molecule has 0 atom stereocenters. The molecule has 2 aromatic rings. The van der Waals surface area contributed by atoms with Gasteiger partial charge in [0.15, 0.2) is 0 Å². The summed E-state index contributed by atoms with van der Waals surface area (Å²) in [5.41, 5.74) is 7.29. The molecule has 0 aliphatic heterocycles. The van der Waals surface area contributed by atoms with Crippen LogP contribution in [0.2, 0.25) is 0 Å². The van der Waals surface area contributed by atoms with E-state index in [0.29, 0.717) is 25.1 Å². The average molecular weight is 272 g/mol. The number of amides is 1. The number of aryl methyl sites for hydroxylation is 1.